The number of nitrogens with one attached hydrogen (secondary N) is 2. The molecule has 0 radical (unpaired) electrons. The minimum Gasteiger partial charge on any atom is -0.394 e. The maximum Gasteiger partial charge on any atom is 0.251 e. The van der Waals surface area contributed by atoms with Gasteiger partial charge in [-0.2, -0.15) is 0 Å². The van der Waals surface area contributed by atoms with Crippen LogP contribution in [-0.2, 0) is 13.1 Å². The van der Waals surface area contributed by atoms with Crippen molar-refractivity contribution in [1.29, 1.82) is 0 Å². The predicted octanol–water partition coefficient (Wildman–Crippen LogP) is 1.04. The average molecular weight is 248 g/mol. The minimum atomic E-state index is -0.191. The SMILES string of the molecule is CC(C)C(CO)NC(=O)c1ccc2c(c1)CNC2. The van der Waals surface area contributed by atoms with Crippen molar-refractivity contribution in [3.8, 4) is 0 Å². The van der Waals surface area contributed by atoms with Gasteiger partial charge < -0.3 is 15.7 Å². The largest absolute Gasteiger partial charge is 0.394 e. The zero-order chi connectivity index (χ0) is 13.1. The monoisotopic (exact) mass is 248 g/mol. The maximum absolute atomic E-state index is 12.1. The highest BCUT2D eigenvalue weighted by Gasteiger charge is 2.18. The number of aliphatic hydroxyl groups is 1. The Morgan fingerprint density at radius 1 is 1.39 bits per heavy atom. The maximum atomic E-state index is 12.1. The summed E-state index contributed by atoms with van der Waals surface area (Å²) in [6.07, 6.45) is 0. The number of amides is 1. The molecule has 98 valence electrons. The molecule has 1 aliphatic rings. The molecule has 1 aromatic carbocycles. The summed E-state index contributed by atoms with van der Waals surface area (Å²) in [5.74, 6) is 0.104. The molecule has 3 N–H and O–H groups in total. The number of hydrogen-bond donors (Lipinski definition) is 3. The van der Waals surface area contributed by atoms with E-state index in [4.69, 9.17) is 0 Å². The van der Waals surface area contributed by atoms with E-state index < -0.39 is 0 Å². The van der Waals surface area contributed by atoms with E-state index in [1.807, 2.05) is 32.0 Å². The summed E-state index contributed by atoms with van der Waals surface area (Å²) in [5, 5.41) is 15.3. The molecule has 0 spiro atoms. The lowest BCUT2D eigenvalue weighted by Gasteiger charge is -2.20. The predicted molar refractivity (Wildman–Crippen MR) is 70.2 cm³/mol. The van der Waals surface area contributed by atoms with E-state index in [0.29, 0.717) is 5.56 Å². The van der Waals surface area contributed by atoms with Gasteiger partial charge in [0.15, 0.2) is 0 Å². The first-order valence-corrected chi connectivity index (χ1v) is 6.36. The Balaban J connectivity index is 2.09. The van der Waals surface area contributed by atoms with Gasteiger partial charge in [-0.25, -0.2) is 0 Å². The van der Waals surface area contributed by atoms with Crippen molar-refractivity contribution in [3.05, 3.63) is 34.9 Å². The van der Waals surface area contributed by atoms with Crippen molar-refractivity contribution in [2.45, 2.75) is 33.0 Å². The second kappa shape index (κ2) is 5.50. The van der Waals surface area contributed by atoms with E-state index >= 15 is 0 Å². The van der Waals surface area contributed by atoms with Gasteiger partial charge in [0.1, 0.15) is 0 Å². The molecule has 0 fully saturated rings. The quantitative estimate of drug-likeness (QED) is 0.746. The van der Waals surface area contributed by atoms with E-state index in [9.17, 15) is 9.90 Å². The fourth-order valence-corrected chi connectivity index (χ4v) is 2.11. The highest BCUT2D eigenvalue weighted by atomic mass is 16.3. The van der Waals surface area contributed by atoms with Crippen molar-refractivity contribution < 1.29 is 9.90 Å². The van der Waals surface area contributed by atoms with Gasteiger partial charge in [-0.05, 0) is 29.2 Å². The second-order valence-electron chi connectivity index (χ2n) is 5.09. The molecular weight excluding hydrogens is 228 g/mol. The molecule has 1 heterocycles. The number of carbonyl (C=O) groups excluding carboxylic acids is 1. The van der Waals surface area contributed by atoms with Crippen LogP contribution in [-0.4, -0.2) is 23.7 Å². The van der Waals surface area contributed by atoms with Gasteiger partial charge in [0, 0.05) is 18.7 Å². The number of carbonyl (C=O) groups is 1. The third-order valence-corrected chi connectivity index (χ3v) is 3.42. The summed E-state index contributed by atoms with van der Waals surface area (Å²) in [4.78, 5) is 12.1. The van der Waals surface area contributed by atoms with Crippen LogP contribution in [0.25, 0.3) is 0 Å². The number of benzene rings is 1. The lowest BCUT2D eigenvalue weighted by Crippen LogP contribution is -2.41. The third kappa shape index (κ3) is 2.71. The summed E-state index contributed by atoms with van der Waals surface area (Å²) < 4.78 is 0. The second-order valence-corrected chi connectivity index (χ2v) is 5.09. The summed E-state index contributed by atoms with van der Waals surface area (Å²) in [6, 6.07) is 5.58. The molecule has 0 aromatic heterocycles. The van der Waals surface area contributed by atoms with Gasteiger partial charge in [0.2, 0.25) is 0 Å². The standard InChI is InChI=1S/C14H20N2O2/c1-9(2)13(8-17)16-14(18)10-3-4-11-6-15-7-12(11)5-10/h3-5,9,13,15,17H,6-8H2,1-2H3,(H,16,18). The van der Waals surface area contributed by atoms with E-state index in [1.54, 1.807) is 0 Å². The van der Waals surface area contributed by atoms with Crippen LogP contribution in [0.5, 0.6) is 0 Å². The van der Waals surface area contributed by atoms with Crippen LogP contribution < -0.4 is 10.6 Å². The Morgan fingerprint density at radius 2 is 2.11 bits per heavy atom. The molecule has 0 saturated carbocycles. The highest BCUT2D eigenvalue weighted by Crippen LogP contribution is 2.17. The van der Waals surface area contributed by atoms with Gasteiger partial charge >= 0.3 is 0 Å². The zero-order valence-electron chi connectivity index (χ0n) is 10.9. The number of fused-ring (bicyclic) bond motifs is 1. The lowest BCUT2D eigenvalue weighted by atomic mass is 10.0. The van der Waals surface area contributed by atoms with Crippen molar-refractivity contribution in [2.75, 3.05) is 6.61 Å². The fraction of sp³-hybridized carbons (Fsp3) is 0.500. The van der Waals surface area contributed by atoms with Gasteiger partial charge in [-0.15, -0.1) is 0 Å². The lowest BCUT2D eigenvalue weighted by molar-refractivity contribution is 0.0897. The number of aliphatic hydroxyl groups excluding tert-OH is 1. The Morgan fingerprint density at radius 3 is 2.78 bits per heavy atom. The van der Waals surface area contributed by atoms with Crippen LogP contribution in [0.15, 0.2) is 18.2 Å². The minimum absolute atomic E-state index is 0.0318. The first-order valence-electron chi connectivity index (χ1n) is 6.36. The van der Waals surface area contributed by atoms with E-state index in [0.717, 1.165) is 13.1 Å². The van der Waals surface area contributed by atoms with Crippen LogP contribution in [0.2, 0.25) is 0 Å². The smallest absolute Gasteiger partial charge is 0.251 e. The molecule has 4 nitrogen and oxygen atoms in total. The summed E-state index contributed by atoms with van der Waals surface area (Å²) in [7, 11) is 0. The van der Waals surface area contributed by atoms with Crippen LogP contribution in [0.4, 0.5) is 0 Å². The molecule has 2 rings (SSSR count). The molecule has 0 saturated heterocycles. The zero-order valence-corrected chi connectivity index (χ0v) is 10.9. The molecule has 0 bridgehead atoms. The molecule has 18 heavy (non-hydrogen) atoms. The Bertz CT molecular complexity index is 443. The molecule has 0 aliphatic carbocycles. The molecule has 1 aliphatic heterocycles. The van der Waals surface area contributed by atoms with E-state index in [-0.39, 0.29) is 24.5 Å². The first kappa shape index (κ1) is 13.1. The molecule has 4 heteroatoms. The normalized spacial score (nSPS) is 15.6. The van der Waals surface area contributed by atoms with Gasteiger partial charge in [-0.1, -0.05) is 19.9 Å². The summed E-state index contributed by atoms with van der Waals surface area (Å²) in [5.41, 5.74) is 3.11. The number of rotatable bonds is 4. The van der Waals surface area contributed by atoms with Crippen molar-refractivity contribution in [3.63, 3.8) is 0 Å². The third-order valence-electron chi connectivity index (χ3n) is 3.42. The average Bonchev–Trinajstić information content (AvgIpc) is 2.82. The van der Waals surface area contributed by atoms with E-state index in [1.165, 1.54) is 11.1 Å². The number of hydrogen-bond acceptors (Lipinski definition) is 3. The van der Waals surface area contributed by atoms with Gasteiger partial charge in [0.25, 0.3) is 5.91 Å². The summed E-state index contributed by atoms with van der Waals surface area (Å²) >= 11 is 0. The topological polar surface area (TPSA) is 61.4 Å². The Hall–Kier alpha value is -1.39. The fourth-order valence-electron chi connectivity index (χ4n) is 2.11. The van der Waals surface area contributed by atoms with Gasteiger partial charge in [0.05, 0.1) is 12.6 Å². The van der Waals surface area contributed by atoms with Crippen LogP contribution in [0, 0.1) is 5.92 Å². The van der Waals surface area contributed by atoms with E-state index in [2.05, 4.69) is 10.6 Å². The van der Waals surface area contributed by atoms with Crippen LogP contribution >= 0.6 is 0 Å². The molecule has 1 unspecified atom stereocenters. The van der Waals surface area contributed by atoms with Crippen molar-refractivity contribution in [1.82, 2.24) is 10.6 Å². The van der Waals surface area contributed by atoms with Gasteiger partial charge in [-0.3, -0.25) is 4.79 Å². The Kier molecular flexibility index (Phi) is 3.99. The Labute approximate surface area is 107 Å². The molecule has 1 atom stereocenters. The van der Waals surface area contributed by atoms with Crippen molar-refractivity contribution >= 4 is 5.91 Å². The van der Waals surface area contributed by atoms with Crippen LogP contribution in [0.3, 0.4) is 0 Å². The molecule has 1 amide bonds. The molecular formula is C14H20N2O2. The van der Waals surface area contributed by atoms with Crippen molar-refractivity contribution in [2.24, 2.45) is 5.92 Å². The molecule has 1 aromatic rings. The highest BCUT2D eigenvalue weighted by molar-refractivity contribution is 5.94. The van der Waals surface area contributed by atoms with Crippen LogP contribution in [0.1, 0.15) is 35.3 Å². The summed E-state index contributed by atoms with van der Waals surface area (Å²) in [6.45, 7) is 5.63. The first-order chi connectivity index (χ1) is 8.61.